The van der Waals surface area contributed by atoms with E-state index in [0.29, 0.717) is 11.3 Å². The minimum Gasteiger partial charge on any atom is -0.497 e. The molecule has 0 bridgehead atoms. The number of nitrogens with zero attached hydrogens (tertiary/aromatic N) is 2. The molecule has 3 rings (SSSR count). The van der Waals surface area contributed by atoms with Crippen molar-refractivity contribution in [1.29, 1.82) is 0 Å². The normalized spacial score (nSPS) is 14.4. The zero-order valence-corrected chi connectivity index (χ0v) is 13.4. The third-order valence-corrected chi connectivity index (χ3v) is 3.92. The molecule has 2 aromatic carbocycles. The topological polar surface area (TPSA) is 66.9 Å². The van der Waals surface area contributed by atoms with Gasteiger partial charge in [0.1, 0.15) is 11.6 Å². The summed E-state index contributed by atoms with van der Waals surface area (Å²) in [5.41, 5.74) is 0.839. The number of methoxy groups -OCH3 is 1. The summed E-state index contributed by atoms with van der Waals surface area (Å²) in [6.45, 7) is -0.323. The van der Waals surface area contributed by atoms with E-state index >= 15 is 0 Å². The summed E-state index contributed by atoms with van der Waals surface area (Å²) in [5, 5.41) is 0. The molecule has 128 valence electrons. The van der Waals surface area contributed by atoms with Gasteiger partial charge in [-0.25, -0.2) is 9.18 Å². The van der Waals surface area contributed by atoms with Gasteiger partial charge in [0.15, 0.2) is 0 Å². The molecule has 0 spiro atoms. The lowest BCUT2D eigenvalue weighted by Gasteiger charge is -2.16. The molecule has 1 aliphatic rings. The summed E-state index contributed by atoms with van der Waals surface area (Å²) in [5.74, 6) is -1.77. The second kappa shape index (κ2) is 6.72. The average Bonchev–Trinajstić information content (AvgIpc) is 2.82. The van der Waals surface area contributed by atoms with Crippen molar-refractivity contribution in [3.63, 3.8) is 0 Å². The number of amides is 4. The second-order valence-corrected chi connectivity index (χ2v) is 5.50. The van der Waals surface area contributed by atoms with Crippen LogP contribution in [0.5, 0.6) is 5.75 Å². The molecule has 7 heteroatoms. The number of halogens is 1. The fourth-order valence-electron chi connectivity index (χ4n) is 2.54. The number of benzene rings is 2. The molecule has 0 N–H and O–H groups in total. The fourth-order valence-corrected chi connectivity index (χ4v) is 2.54. The van der Waals surface area contributed by atoms with Crippen molar-refractivity contribution in [2.24, 2.45) is 0 Å². The first-order valence-electron chi connectivity index (χ1n) is 7.55. The van der Waals surface area contributed by atoms with Crippen molar-refractivity contribution in [2.45, 2.75) is 13.1 Å². The van der Waals surface area contributed by atoms with Gasteiger partial charge in [-0.15, -0.1) is 0 Å². The lowest BCUT2D eigenvalue weighted by atomic mass is 10.2. The zero-order chi connectivity index (χ0) is 18.0. The molecule has 0 atom stereocenters. The maximum Gasteiger partial charge on any atom is 0.334 e. The van der Waals surface area contributed by atoms with Crippen molar-refractivity contribution in [2.75, 3.05) is 7.11 Å². The Bertz CT molecular complexity index is 835. The van der Waals surface area contributed by atoms with Crippen LogP contribution in [0.3, 0.4) is 0 Å². The van der Waals surface area contributed by atoms with Crippen LogP contribution in [0.15, 0.2) is 48.5 Å². The summed E-state index contributed by atoms with van der Waals surface area (Å²) >= 11 is 0. The molecule has 0 saturated carbocycles. The molecule has 6 nitrogen and oxygen atoms in total. The van der Waals surface area contributed by atoms with E-state index in [2.05, 4.69) is 0 Å². The van der Waals surface area contributed by atoms with Crippen LogP contribution in [0.25, 0.3) is 0 Å². The van der Waals surface area contributed by atoms with E-state index in [1.165, 1.54) is 25.3 Å². The van der Waals surface area contributed by atoms with Crippen LogP contribution in [-0.4, -0.2) is 34.8 Å². The first-order valence-corrected chi connectivity index (χ1v) is 7.55. The predicted octanol–water partition coefficient (Wildman–Crippen LogP) is 2.33. The molecule has 4 amide bonds. The number of urea groups is 1. The Balaban J connectivity index is 1.78. The number of carbonyl (C=O) groups excluding carboxylic acids is 3. The highest BCUT2D eigenvalue weighted by atomic mass is 19.1. The van der Waals surface area contributed by atoms with Crippen molar-refractivity contribution in [1.82, 2.24) is 9.80 Å². The van der Waals surface area contributed by atoms with Crippen LogP contribution >= 0.6 is 0 Å². The van der Waals surface area contributed by atoms with E-state index in [9.17, 15) is 18.8 Å². The minimum absolute atomic E-state index is 0.0405. The van der Waals surface area contributed by atoms with E-state index in [0.717, 1.165) is 9.80 Å². The Morgan fingerprint density at radius 1 is 0.880 bits per heavy atom. The zero-order valence-electron chi connectivity index (χ0n) is 13.4. The van der Waals surface area contributed by atoms with Gasteiger partial charge in [-0.3, -0.25) is 19.4 Å². The monoisotopic (exact) mass is 342 g/mol. The van der Waals surface area contributed by atoms with Gasteiger partial charge in [-0.2, -0.15) is 0 Å². The maximum absolute atomic E-state index is 13.8. The lowest BCUT2D eigenvalue weighted by Crippen LogP contribution is -2.33. The molecular weight excluding hydrogens is 327 g/mol. The van der Waals surface area contributed by atoms with Gasteiger partial charge >= 0.3 is 17.8 Å². The van der Waals surface area contributed by atoms with Crippen molar-refractivity contribution >= 4 is 17.8 Å². The summed E-state index contributed by atoms with van der Waals surface area (Å²) in [4.78, 5) is 38.3. The Morgan fingerprint density at radius 2 is 1.48 bits per heavy atom. The van der Waals surface area contributed by atoms with E-state index in [4.69, 9.17) is 4.74 Å². The van der Waals surface area contributed by atoms with Gasteiger partial charge in [-0.05, 0) is 23.8 Å². The van der Waals surface area contributed by atoms with Gasteiger partial charge in [0.2, 0.25) is 0 Å². The highest BCUT2D eigenvalue weighted by Crippen LogP contribution is 2.21. The third kappa shape index (κ3) is 3.21. The molecule has 1 aliphatic heterocycles. The SMILES string of the molecule is COc1ccc(CN2C(=O)C(=O)N(Cc3ccccc3F)C2=O)cc1. The van der Waals surface area contributed by atoms with Gasteiger partial charge in [0.25, 0.3) is 0 Å². The van der Waals surface area contributed by atoms with E-state index < -0.39 is 23.7 Å². The maximum atomic E-state index is 13.8. The Labute approximate surface area is 143 Å². The molecule has 25 heavy (non-hydrogen) atoms. The number of carbonyl (C=O) groups is 3. The molecule has 0 aliphatic carbocycles. The van der Waals surface area contributed by atoms with Crippen LogP contribution in [0.2, 0.25) is 0 Å². The standard InChI is InChI=1S/C18H15FN2O4/c1-25-14-8-6-12(7-9-14)10-20-16(22)17(23)21(18(20)24)11-13-4-2-3-5-15(13)19/h2-9H,10-11H2,1H3. The van der Waals surface area contributed by atoms with Gasteiger partial charge in [0.05, 0.1) is 20.2 Å². The van der Waals surface area contributed by atoms with Crippen LogP contribution in [0, 0.1) is 5.82 Å². The Hall–Kier alpha value is -3.22. The van der Waals surface area contributed by atoms with Gasteiger partial charge < -0.3 is 4.74 Å². The quantitative estimate of drug-likeness (QED) is 0.618. The van der Waals surface area contributed by atoms with Crippen LogP contribution in [0.4, 0.5) is 9.18 Å². The molecule has 2 aromatic rings. The molecule has 0 aromatic heterocycles. The minimum atomic E-state index is -0.957. The van der Waals surface area contributed by atoms with Crippen molar-refractivity contribution in [3.05, 3.63) is 65.5 Å². The van der Waals surface area contributed by atoms with Crippen LogP contribution in [0.1, 0.15) is 11.1 Å². The van der Waals surface area contributed by atoms with Crippen LogP contribution in [-0.2, 0) is 22.7 Å². The van der Waals surface area contributed by atoms with Gasteiger partial charge in [0, 0.05) is 5.56 Å². The Morgan fingerprint density at radius 3 is 2.08 bits per heavy atom. The average molecular weight is 342 g/mol. The van der Waals surface area contributed by atoms with Crippen LogP contribution < -0.4 is 4.74 Å². The summed E-state index contributed by atoms with van der Waals surface area (Å²) < 4.78 is 18.8. The highest BCUT2D eigenvalue weighted by Gasteiger charge is 2.44. The van der Waals surface area contributed by atoms with Gasteiger partial charge in [-0.1, -0.05) is 30.3 Å². The smallest absolute Gasteiger partial charge is 0.334 e. The molecule has 1 saturated heterocycles. The molecule has 0 unspecified atom stereocenters. The first-order chi connectivity index (χ1) is 12.0. The number of rotatable bonds is 5. The molecular formula is C18H15FN2O4. The number of hydrogen-bond acceptors (Lipinski definition) is 4. The number of imide groups is 2. The van der Waals surface area contributed by atoms with E-state index in [1.807, 2.05) is 0 Å². The predicted molar refractivity (Wildman–Crippen MR) is 85.9 cm³/mol. The number of ether oxygens (including phenoxy) is 1. The largest absolute Gasteiger partial charge is 0.497 e. The molecule has 1 fully saturated rings. The third-order valence-electron chi connectivity index (χ3n) is 3.92. The highest BCUT2D eigenvalue weighted by molar-refractivity contribution is 6.44. The second-order valence-electron chi connectivity index (χ2n) is 5.50. The summed E-state index contributed by atoms with van der Waals surface area (Å²) in [7, 11) is 1.53. The summed E-state index contributed by atoms with van der Waals surface area (Å²) in [6, 6.07) is 11.8. The van der Waals surface area contributed by atoms with E-state index in [1.54, 1.807) is 30.3 Å². The Kier molecular flexibility index (Phi) is 4.47. The molecule has 0 radical (unpaired) electrons. The lowest BCUT2D eigenvalue weighted by molar-refractivity contribution is -0.143. The molecule has 1 heterocycles. The fraction of sp³-hybridized carbons (Fsp3) is 0.167. The first kappa shape index (κ1) is 16.6. The van der Waals surface area contributed by atoms with E-state index in [-0.39, 0.29) is 18.7 Å². The summed E-state index contributed by atoms with van der Waals surface area (Å²) in [6.07, 6.45) is 0. The van der Waals surface area contributed by atoms with Crippen molar-refractivity contribution in [3.8, 4) is 5.75 Å². The number of hydrogen-bond donors (Lipinski definition) is 0. The van der Waals surface area contributed by atoms with Crippen molar-refractivity contribution < 1.29 is 23.5 Å².